The van der Waals surface area contributed by atoms with Crippen LogP contribution in [0.4, 0.5) is 4.39 Å². The number of hydrogen-bond donors (Lipinski definition) is 1. The molecule has 0 bridgehead atoms. The molecule has 0 fully saturated rings. The van der Waals surface area contributed by atoms with Crippen molar-refractivity contribution in [1.29, 1.82) is 0 Å². The fraction of sp³-hybridized carbons (Fsp3) is 0.200. The number of hydrogen-bond acceptors (Lipinski definition) is 3. The van der Waals surface area contributed by atoms with Gasteiger partial charge < -0.3 is 15.2 Å². The summed E-state index contributed by atoms with van der Waals surface area (Å²) in [4.78, 5) is 0. The van der Waals surface area contributed by atoms with E-state index in [9.17, 15) is 4.39 Å². The van der Waals surface area contributed by atoms with Gasteiger partial charge in [-0.25, -0.2) is 4.39 Å². The first kappa shape index (κ1) is 14.8. The molecule has 2 N–H and O–H groups in total. The van der Waals surface area contributed by atoms with Gasteiger partial charge in [0.15, 0.2) is 11.6 Å². The highest BCUT2D eigenvalue weighted by Crippen LogP contribution is 2.36. The number of methoxy groups -OCH3 is 1. The normalized spacial score (nSPS) is 12.1. The Balaban J connectivity index is 2.40. The lowest BCUT2D eigenvalue weighted by atomic mass is 10.1. The first-order valence-corrected chi connectivity index (χ1v) is 6.87. The van der Waals surface area contributed by atoms with Gasteiger partial charge in [-0.2, -0.15) is 0 Å². The molecule has 2 aromatic carbocycles. The number of para-hydroxylation sites is 1. The van der Waals surface area contributed by atoms with Gasteiger partial charge >= 0.3 is 0 Å². The number of rotatable bonds is 4. The Hall–Kier alpha value is -1.59. The molecule has 0 amide bonds. The number of benzene rings is 2. The van der Waals surface area contributed by atoms with Crippen LogP contribution >= 0.6 is 15.9 Å². The van der Waals surface area contributed by atoms with Crippen molar-refractivity contribution in [2.75, 3.05) is 7.11 Å². The minimum Gasteiger partial charge on any atom is -0.497 e. The summed E-state index contributed by atoms with van der Waals surface area (Å²) in [5.74, 6) is 0.888. The van der Waals surface area contributed by atoms with Crippen LogP contribution in [-0.2, 0) is 0 Å². The molecule has 0 spiro atoms. The largest absolute Gasteiger partial charge is 0.497 e. The van der Waals surface area contributed by atoms with Crippen molar-refractivity contribution in [3.8, 4) is 17.2 Å². The SMILES string of the molecule is COc1ccc(Oc2c(F)cccc2[C@H](C)N)c(Br)c1. The van der Waals surface area contributed by atoms with Crippen molar-refractivity contribution in [2.24, 2.45) is 5.73 Å². The molecule has 0 heterocycles. The molecule has 3 nitrogen and oxygen atoms in total. The van der Waals surface area contributed by atoms with Gasteiger partial charge in [-0.1, -0.05) is 12.1 Å². The third kappa shape index (κ3) is 3.11. The Morgan fingerprint density at radius 1 is 1.25 bits per heavy atom. The summed E-state index contributed by atoms with van der Waals surface area (Å²) in [6, 6.07) is 9.59. The van der Waals surface area contributed by atoms with Crippen molar-refractivity contribution in [3.63, 3.8) is 0 Å². The summed E-state index contributed by atoms with van der Waals surface area (Å²) in [6.07, 6.45) is 0. The summed E-state index contributed by atoms with van der Waals surface area (Å²) in [5, 5.41) is 0. The van der Waals surface area contributed by atoms with Gasteiger partial charge in [0.25, 0.3) is 0 Å². The van der Waals surface area contributed by atoms with Crippen LogP contribution in [0.3, 0.4) is 0 Å². The molecule has 2 aromatic rings. The lowest BCUT2D eigenvalue weighted by Gasteiger charge is -2.15. The Bertz CT molecular complexity index is 617. The highest BCUT2D eigenvalue weighted by Gasteiger charge is 2.15. The van der Waals surface area contributed by atoms with Crippen molar-refractivity contribution >= 4 is 15.9 Å². The van der Waals surface area contributed by atoms with E-state index in [0.717, 1.165) is 0 Å². The molecule has 0 aliphatic rings. The fourth-order valence-electron chi connectivity index (χ4n) is 1.79. The first-order valence-electron chi connectivity index (χ1n) is 6.08. The maximum absolute atomic E-state index is 14.0. The molecular weight excluding hydrogens is 325 g/mol. The van der Waals surface area contributed by atoms with Crippen LogP contribution < -0.4 is 15.2 Å². The van der Waals surface area contributed by atoms with E-state index in [1.165, 1.54) is 6.07 Å². The van der Waals surface area contributed by atoms with Crippen molar-refractivity contribution < 1.29 is 13.9 Å². The number of nitrogens with two attached hydrogens (primary N) is 1. The highest BCUT2D eigenvalue weighted by molar-refractivity contribution is 9.10. The summed E-state index contributed by atoms with van der Waals surface area (Å²) < 4.78 is 25.4. The zero-order chi connectivity index (χ0) is 14.7. The zero-order valence-corrected chi connectivity index (χ0v) is 12.8. The fourth-order valence-corrected chi connectivity index (χ4v) is 2.23. The van der Waals surface area contributed by atoms with Gasteiger partial charge in [-0.15, -0.1) is 0 Å². The molecule has 0 radical (unpaired) electrons. The highest BCUT2D eigenvalue weighted by atomic mass is 79.9. The Morgan fingerprint density at radius 3 is 2.60 bits per heavy atom. The maximum atomic E-state index is 14.0. The van der Waals surface area contributed by atoms with Gasteiger partial charge in [-0.3, -0.25) is 0 Å². The van der Waals surface area contributed by atoms with E-state index >= 15 is 0 Å². The van der Waals surface area contributed by atoms with E-state index in [2.05, 4.69) is 15.9 Å². The average molecular weight is 340 g/mol. The average Bonchev–Trinajstić information content (AvgIpc) is 2.42. The second-order valence-corrected chi connectivity index (χ2v) is 5.20. The Morgan fingerprint density at radius 2 is 2.00 bits per heavy atom. The third-order valence-corrected chi connectivity index (χ3v) is 3.46. The predicted molar refractivity (Wildman–Crippen MR) is 79.8 cm³/mol. The predicted octanol–water partition coefficient (Wildman–Crippen LogP) is 4.41. The molecule has 0 saturated heterocycles. The summed E-state index contributed by atoms with van der Waals surface area (Å²) in [7, 11) is 1.58. The standard InChI is InChI=1S/C15H15BrFNO2/c1-9(18)11-4-3-5-13(17)15(11)20-14-7-6-10(19-2)8-12(14)16/h3-9H,18H2,1-2H3/t9-/m0/s1. The van der Waals surface area contributed by atoms with Crippen molar-refractivity contribution in [2.45, 2.75) is 13.0 Å². The third-order valence-electron chi connectivity index (χ3n) is 2.84. The molecule has 20 heavy (non-hydrogen) atoms. The lowest BCUT2D eigenvalue weighted by Crippen LogP contribution is -2.07. The molecule has 0 unspecified atom stereocenters. The summed E-state index contributed by atoms with van der Waals surface area (Å²) in [6.45, 7) is 1.78. The van der Waals surface area contributed by atoms with Crippen molar-refractivity contribution in [1.82, 2.24) is 0 Å². The van der Waals surface area contributed by atoms with Crippen molar-refractivity contribution in [3.05, 3.63) is 52.3 Å². The maximum Gasteiger partial charge on any atom is 0.167 e. The molecule has 0 aliphatic heterocycles. The van der Waals surface area contributed by atoms with E-state index in [-0.39, 0.29) is 11.8 Å². The van der Waals surface area contributed by atoms with Crippen LogP contribution in [0.1, 0.15) is 18.5 Å². The molecular formula is C15H15BrFNO2. The van der Waals surface area contributed by atoms with E-state index < -0.39 is 5.82 Å². The quantitative estimate of drug-likeness (QED) is 0.897. The number of halogens is 2. The van der Waals surface area contributed by atoms with E-state index in [1.54, 1.807) is 44.4 Å². The van der Waals surface area contributed by atoms with Crippen LogP contribution in [-0.4, -0.2) is 7.11 Å². The topological polar surface area (TPSA) is 44.5 Å². The molecule has 2 rings (SSSR count). The van der Waals surface area contributed by atoms with Crippen LogP contribution in [0.25, 0.3) is 0 Å². The van der Waals surface area contributed by atoms with Crippen LogP contribution in [0, 0.1) is 5.82 Å². The van der Waals surface area contributed by atoms with Gasteiger partial charge in [0.05, 0.1) is 11.6 Å². The summed E-state index contributed by atoms with van der Waals surface area (Å²) in [5.41, 5.74) is 6.46. The smallest absolute Gasteiger partial charge is 0.167 e. The molecule has 0 aromatic heterocycles. The lowest BCUT2D eigenvalue weighted by molar-refractivity contribution is 0.408. The van der Waals surface area contributed by atoms with Crippen LogP contribution in [0.15, 0.2) is 40.9 Å². The molecule has 1 atom stereocenters. The second kappa shape index (κ2) is 6.24. The Kier molecular flexibility index (Phi) is 4.62. The van der Waals surface area contributed by atoms with E-state index in [4.69, 9.17) is 15.2 Å². The molecule has 0 saturated carbocycles. The molecule has 106 valence electrons. The Labute approximate surface area is 125 Å². The van der Waals surface area contributed by atoms with Gasteiger partial charge in [0.2, 0.25) is 0 Å². The zero-order valence-electron chi connectivity index (χ0n) is 11.2. The molecule has 5 heteroatoms. The number of ether oxygens (including phenoxy) is 2. The second-order valence-electron chi connectivity index (χ2n) is 4.35. The monoisotopic (exact) mass is 339 g/mol. The van der Waals surface area contributed by atoms with Gasteiger partial charge in [-0.05, 0) is 47.1 Å². The first-order chi connectivity index (χ1) is 9.52. The van der Waals surface area contributed by atoms with Crippen LogP contribution in [0.5, 0.6) is 17.2 Å². The van der Waals surface area contributed by atoms with E-state index in [1.807, 2.05) is 0 Å². The molecule has 0 aliphatic carbocycles. The van der Waals surface area contributed by atoms with Gasteiger partial charge in [0, 0.05) is 11.6 Å². The van der Waals surface area contributed by atoms with E-state index in [0.29, 0.717) is 21.5 Å². The minimum atomic E-state index is -0.442. The minimum absolute atomic E-state index is 0.147. The van der Waals surface area contributed by atoms with Gasteiger partial charge in [0.1, 0.15) is 11.5 Å². The summed E-state index contributed by atoms with van der Waals surface area (Å²) >= 11 is 3.37. The van der Waals surface area contributed by atoms with Crippen LogP contribution in [0.2, 0.25) is 0 Å².